The van der Waals surface area contributed by atoms with E-state index < -0.39 is 24.7 Å². The zero-order valence-corrected chi connectivity index (χ0v) is 9.42. The van der Waals surface area contributed by atoms with Crippen LogP contribution in [-0.2, 0) is 4.79 Å². The summed E-state index contributed by atoms with van der Waals surface area (Å²) in [7, 11) is 0. The summed E-state index contributed by atoms with van der Waals surface area (Å²) < 4.78 is 37.8. The molecule has 0 saturated carbocycles. The molecule has 1 aliphatic heterocycles. The Labute approximate surface area is 92.8 Å². The van der Waals surface area contributed by atoms with Gasteiger partial charge in [-0.05, 0) is 11.8 Å². The Hall–Kier alpha value is -0.780. The Morgan fingerprint density at radius 2 is 2.06 bits per heavy atom. The van der Waals surface area contributed by atoms with E-state index in [1.54, 1.807) is 0 Å². The maximum absolute atomic E-state index is 12.6. The molecule has 2 atom stereocenters. The van der Waals surface area contributed by atoms with Crippen molar-refractivity contribution in [1.82, 2.24) is 4.90 Å². The predicted molar refractivity (Wildman–Crippen MR) is 53.6 cm³/mol. The van der Waals surface area contributed by atoms with Gasteiger partial charge in [-0.25, -0.2) is 0 Å². The van der Waals surface area contributed by atoms with Crippen LogP contribution in [0.5, 0.6) is 0 Å². The minimum atomic E-state index is -4.43. The maximum Gasteiger partial charge on any atom is 0.410 e. The number of carbonyl (C=O) groups is 1. The number of alkyl halides is 3. The van der Waals surface area contributed by atoms with Gasteiger partial charge in [-0.1, -0.05) is 13.8 Å². The Morgan fingerprint density at radius 1 is 1.50 bits per heavy atom. The van der Waals surface area contributed by atoms with Crippen LogP contribution in [0.4, 0.5) is 13.2 Å². The third-order valence-electron chi connectivity index (χ3n) is 3.11. The van der Waals surface area contributed by atoms with Gasteiger partial charge < -0.3 is 10.6 Å². The average Bonchev–Trinajstić information content (AvgIpc) is 2.47. The Bertz CT molecular complexity index is 265. The minimum Gasteiger partial charge on any atom is -0.329 e. The number of nitrogens with two attached hydrogens (primary N) is 1. The smallest absolute Gasteiger partial charge is 0.329 e. The van der Waals surface area contributed by atoms with Crippen molar-refractivity contribution in [3.63, 3.8) is 0 Å². The average molecular weight is 238 g/mol. The van der Waals surface area contributed by atoms with Gasteiger partial charge >= 0.3 is 6.18 Å². The fourth-order valence-electron chi connectivity index (χ4n) is 1.95. The summed E-state index contributed by atoms with van der Waals surface area (Å²) in [6.07, 6.45) is -4.24. The van der Waals surface area contributed by atoms with Crippen LogP contribution >= 0.6 is 0 Å². The Balaban J connectivity index is 2.77. The molecule has 1 amide bonds. The first-order chi connectivity index (χ1) is 7.27. The van der Waals surface area contributed by atoms with Crippen LogP contribution in [0.25, 0.3) is 0 Å². The van der Waals surface area contributed by atoms with Gasteiger partial charge in [0.25, 0.3) is 0 Å². The molecule has 1 rings (SSSR count). The molecule has 0 aromatic rings. The Morgan fingerprint density at radius 3 is 2.38 bits per heavy atom. The molecule has 1 fully saturated rings. The van der Waals surface area contributed by atoms with Crippen molar-refractivity contribution < 1.29 is 18.0 Å². The second-order valence-corrected chi connectivity index (χ2v) is 4.55. The lowest BCUT2D eigenvalue weighted by molar-refractivity contribution is -0.184. The van der Waals surface area contributed by atoms with Crippen LogP contribution in [0.3, 0.4) is 0 Å². The van der Waals surface area contributed by atoms with Crippen molar-refractivity contribution in [3.05, 3.63) is 0 Å². The molecule has 1 heterocycles. The van der Waals surface area contributed by atoms with Crippen LogP contribution in [0.15, 0.2) is 0 Å². The van der Waals surface area contributed by atoms with E-state index in [0.717, 1.165) is 4.90 Å². The summed E-state index contributed by atoms with van der Waals surface area (Å²) >= 11 is 0. The number of hydrogen-bond acceptors (Lipinski definition) is 2. The van der Waals surface area contributed by atoms with E-state index in [1.807, 2.05) is 13.8 Å². The van der Waals surface area contributed by atoms with Crippen LogP contribution in [0.2, 0.25) is 0 Å². The minimum absolute atomic E-state index is 0.00361. The molecule has 2 N–H and O–H groups in total. The monoisotopic (exact) mass is 238 g/mol. The fraction of sp³-hybridized carbons (Fsp3) is 0.900. The van der Waals surface area contributed by atoms with Crippen LogP contribution in [-0.4, -0.2) is 36.1 Å². The first-order valence-electron chi connectivity index (χ1n) is 5.33. The molecule has 2 unspecified atom stereocenters. The number of amides is 1. The predicted octanol–water partition coefficient (Wildman–Crippen LogP) is 1.38. The van der Waals surface area contributed by atoms with E-state index >= 15 is 0 Å². The molecule has 0 radical (unpaired) electrons. The SMILES string of the molecule is CC(C)C1CC(=O)N(C(CN)C(F)(F)F)C1. The molecule has 3 nitrogen and oxygen atoms in total. The number of carbonyl (C=O) groups excluding carboxylic acids is 1. The molecule has 0 bridgehead atoms. The van der Waals surface area contributed by atoms with E-state index in [2.05, 4.69) is 0 Å². The maximum atomic E-state index is 12.6. The first-order valence-corrected chi connectivity index (χ1v) is 5.33. The fourth-order valence-corrected chi connectivity index (χ4v) is 1.95. The Kier molecular flexibility index (Phi) is 3.83. The summed E-state index contributed by atoms with van der Waals surface area (Å²) in [4.78, 5) is 12.4. The van der Waals surface area contributed by atoms with Crippen molar-refractivity contribution in [3.8, 4) is 0 Å². The molecule has 0 aromatic heterocycles. The van der Waals surface area contributed by atoms with Gasteiger partial charge in [0.15, 0.2) is 0 Å². The quantitative estimate of drug-likeness (QED) is 0.807. The summed E-state index contributed by atoms with van der Waals surface area (Å²) in [5, 5.41) is 0. The van der Waals surface area contributed by atoms with Gasteiger partial charge in [0, 0.05) is 19.5 Å². The number of likely N-dealkylation sites (tertiary alicyclic amines) is 1. The van der Waals surface area contributed by atoms with Crippen molar-refractivity contribution >= 4 is 5.91 Å². The van der Waals surface area contributed by atoms with Gasteiger partial charge in [0.2, 0.25) is 5.91 Å². The highest BCUT2D eigenvalue weighted by atomic mass is 19.4. The first kappa shape index (κ1) is 13.3. The molecule has 6 heteroatoms. The van der Waals surface area contributed by atoms with Crippen LogP contribution in [0, 0.1) is 11.8 Å². The van der Waals surface area contributed by atoms with E-state index in [0.29, 0.717) is 0 Å². The number of halogens is 3. The van der Waals surface area contributed by atoms with Crippen molar-refractivity contribution in [2.75, 3.05) is 13.1 Å². The van der Waals surface area contributed by atoms with Crippen molar-refractivity contribution in [2.24, 2.45) is 17.6 Å². The highest BCUT2D eigenvalue weighted by molar-refractivity contribution is 5.79. The molecule has 16 heavy (non-hydrogen) atoms. The molecular formula is C10H17F3N2O. The van der Waals surface area contributed by atoms with Crippen molar-refractivity contribution in [1.29, 1.82) is 0 Å². The summed E-state index contributed by atoms with van der Waals surface area (Å²) in [5.41, 5.74) is 5.11. The lowest BCUT2D eigenvalue weighted by atomic mass is 9.95. The zero-order valence-electron chi connectivity index (χ0n) is 9.42. The summed E-state index contributed by atoms with van der Waals surface area (Å²) in [6, 6.07) is -1.83. The molecular weight excluding hydrogens is 221 g/mol. The lowest BCUT2D eigenvalue weighted by Gasteiger charge is -2.29. The second-order valence-electron chi connectivity index (χ2n) is 4.55. The van der Waals surface area contributed by atoms with E-state index in [9.17, 15) is 18.0 Å². The van der Waals surface area contributed by atoms with E-state index in [-0.39, 0.29) is 24.8 Å². The number of hydrogen-bond donors (Lipinski definition) is 1. The molecule has 1 saturated heterocycles. The van der Waals surface area contributed by atoms with Gasteiger partial charge in [0.05, 0.1) is 0 Å². The highest BCUT2D eigenvalue weighted by Gasteiger charge is 2.47. The summed E-state index contributed by atoms with van der Waals surface area (Å²) in [5.74, 6) is -0.226. The third-order valence-corrected chi connectivity index (χ3v) is 3.11. The van der Waals surface area contributed by atoms with E-state index in [4.69, 9.17) is 5.73 Å². The molecule has 0 aliphatic carbocycles. The molecule has 1 aliphatic rings. The van der Waals surface area contributed by atoms with E-state index in [1.165, 1.54) is 0 Å². The van der Waals surface area contributed by atoms with Gasteiger partial charge in [-0.2, -0.15) is 13.2 Å². The third kappa shape index (κ3) is 2.66. The van der Waals surface area contributed by atoms with Gasteiger partial charge in [-0.15, -0.1) is 0 Å². The van der Waals surface area contributed by atoms with Crippen LogP contribution < -0.4 is 5.73 Å². The zero-order chi connectivity index (χ0) is 12.5. The van der Waals surface area contributed by atoms with Crippen molar-refractivity contribution in [2.45, 2.75) is 32.5 Å². The normalized spacial score (nSPS) is 24.3. The van der Waals surface area contributed by atoms with Crippen LogP contribution in [0.1, 0.15) is 20.3 Å². The molecule has 0 spiro atoms. The largest absolute Gasteiger partial charge is 0.410 e. The standard InChI is InChI=1S/C10H17F3N2O/c1-6(2)7-3-9(16)15(5-7)8(4-14)10(11,12)13/h6-8H,3-5,14H2,1-2H3. The second kappa shape index (κ2) is 4.61. The van der Waals surface area contributed by atoms with Gasteiger partial charge in [0.1, 0.15) is 6.04 Å². The summed E-state index contributed by atoms with van der Waals surface area (Å²) in [6.45, 7) is 3.41. The number of nitrogens with zero attached hydrogens (tertiary/aromatic N) is 1. The topological polar surface area (TPSA) is 46.3 Å². The molecule has 94 valence electrons. The molecule has 0 aromatic carbocycles. The number of rotatable bonds is 3. The highest BCUT2D eigenvalue weighted by Crippen LogP contribution is 2.32. The lowest BCUT2D eigenvalue weighted by Crippen LogP contribution is -2.51. The van der Waals surface area contributed by atoms with Gasteiger partial charge in [-0.3, -0.25) is 4.79 Å².